The Bertz CT molecular complexity index is 965. The van der Waals surface area contributed by atoms with E-state index in [-0.39, 0.29) is 12.7 Å². The Kier molecular flexibility index (Phi) is 6.16. The highest BCUT2D eigenvalue weighted by atomic mass is 16.5. The normalized spacial score (nSPS) is 11.1. The van der Waals surface area contributed by atoms with E-state index >= 15 is 0 Å². The van der Waals surface area contributed by atoms with Crippen molar-refractivity contribution in [2.45, 2.75) is 33.5 Å². The molecule has 3 aromatic rings. The Morgan fingerprint density at radius 1 is 1.21 bits per heavy atom. The first kappa shape index (κ1) is 19.3. The lowest BCUT2D eigenvalue weighted by molar-refractivity contribution is -0.139. The highest BCUT2D eigenvalue weighted by molar-refractivity contribution is 5.84. The summed E-state index contributed by atoms with van der Waals surface area (Å²) in [6, 6.07) is 11.3. The number of aryl methyl sites for hydroxylation is 1. The molecule has 0 fully saturated rings. The number of nitrogens with zero attached hydrogens (tertiary/aromatic N) is 4. The van der Waals surface area contributed by atoms with Gasteiger partial charge in [-0.3, -0.25) is 4.98 Å². The Labute approximate surface area is 163 Å². The van der Waals surface area contributed by atoms with Crippen LogP contribution in [-0.4, -0.2) is 31.8 Å². The fraction of sp³-hybridized carbons (Fsp3) is 0.238. The minimum atomic E-state index is -0.481. The van der Waals surface area contributed by atoms with Crippen molar-refractivity contribution in [2.24, 2.45) is 0 Å². The summed E-state index contributed by atoms with van der Waals surface area (Å²) in [6.45, 7) is 6.07. The molecule has 28 heavy (non-hydrogen) atoms. The van der Waals surface area contributed by atoms with Crippen LogP contribution in [0, 0.1) is 6.92 Å². The molecule has 2 heterocycles. The number of carbonyl (C=O) groups excluding carboxylic acids is 1. The average Bonchev–Trinajstić information content (AvgIpc) is 3.14. The van der Waals surface area contributed by atoms with Crippen LogP contribution in [0.3, 0.4) is 0 Å². The first-order valence-electron chi connectivity index (χ1n) is 8.94. The van der Waals surface area contributed by atoms with E-state index in [1.807, 2.05) is 45.0 Å². The summed E-state index contributed by atoms with van der Waals surface area (Å²) in [5.41, 5.74) is 2.59. The molecule has 144 valence electrons. The lowest BCUT2D eigenvalue weighted by Crippen LogP contribution is -2.05. The summed E-state index contributed by atoms with van der Waals surface area (Å²) in [6.07, 6.45) is 6.06. The summed E-state index contributed by atoms with van der Waals surface area (Å²) in [7, 11) is 0. The molecule has 3 rings (SSSR count). The molecule has 0 unspecified atom stereocenters. The second-order valence-electron chi connectivity index (χ2n) is 6.49. The van der Waals surface area contributed by atoms with Crippen LogP contribution in [0.1, 0.15) is 25.1 Å². The first-order valence-corrected chi connectivity index (χ1v) is 8.94. The van der Waals surface area contributed by atoms with E-state index in [0.29, 0.717) is 11.5 Å². The van der Waals surface area contributed by atoms with Crippen LogP contribution in [0.2, 0.25) is 0 Å². The molecule has 0 saturated heterocycles. The molecule has 0 bridgehead atoms. The van der Waals surface area contributed by atoms with Gasteiger partial charge in [0.25, 0.3) is 0 Å². The summed E-state index contributed by atoms with van der Waals surface area (Å²) in [5.74, 6) is 0.838. The van der Waals surface area contributed by atoms with Crippen molar-refractivity contribution < 1.29 is 14.3 Å². The van der Waals surface area contributed by atoms with Crippen LogP contribution in [-0.2, 0) is 16.1 Å². The predicted octanol–water partition coefficient (Wildman–Crippen LogP) is 3.65. The Morgan fingerprint density at radius 2 is 2.07 bits per heavy atom. The van der Waals surface area contributed by atoms with Gasteiger partial charge in [0.1, 0.15) is 18.7 Å². The molecule has 0 aliphatic heterocycles. The second-order valence-corrected chi connectivity index (χ2v) is 6.49. The van der Waals surface area contributed by atoms with Crippen molar-refractivity contribution in [2.75, 3.05) is 0 Å². The zero-order valence-corrected chi connectivity index (χ0v) is 16.1. The highest BCUT2D eigenvalue weighted by Gasteiger charge is 2.08. The number of benzene rings is 1. The lowest BCUT2D eigenvalue weighted by Gasteiger charge is -2.11. The van der Waals surface area contributed by atoms with Crippen molar-refractivity contribution in [3.63, 3.8) is 0 Å². The van der Waals surface area contributed by atoms with Crippen molar-refractivity contribution in [3.05, 3.63) is 66.3 Å². The van der Waals surface area contributed by atoms with Gasteiger partial charge < -0.3 is 9.47 Å². The molecule has 0 radical (unpaired) electrons. The van der Waals surface area contributed by atoms with Gasteiger partial charge in [0.05, 0.1) is 11.8 Å². The van der Waals surface area contributed by atoms with Crippen LogP contribution in [0.5, 0.6) is 5.75 Å². The van der Waals surface area contributed by atoms with E-state index in [1.54, 1.807) is 18.3 Å². The Morgan fingerprint density at radius 3 is 2.82 bits per heavy atom. The quantitative estimate of drug-likeness (QED) is 0.461. The number of rotatable bonds is 7. The summed E-state index contributed by atoms with van der Waals surface area (Å²) >= 11 is 0. The van der Waals surface area contributed by atoms with Gasteiger partial charge in [-0.1, -0.05) is 6.07 Å². The number of carbonyl (C=O) groups is 1. The molecular formula is C21H22N4O3. The molecule has 7 heteroatoms. The second kappa shape index (κ2) is 8.94. The van der Waals surface area contributed by atoms with Gasteiger partial charge in [-0.15, -0.1) is 5.10 Å². The van der Waals surface area contributed by atoms with E-state index in [2.05, 4.69) is 15.1 Å². The van der Waals surface area contributed by atoms with E-state index in [1.165, 1.54) is 23.3 Å². The third-order valence-electron chi connectivity index (χ3n) is 3.64. The van der Waals surface area contributed by atoms with Crippen LogP contribution in [0.25, 0.3) is 17.6 Å². The molecule has 0 aliphatic carbocycles. The highest BCUT2D eigenvalue weighted by Crippen LogP contribution is 2.24. The van der Waals surface area contributed by atoms with Crippen molar-refractivity contribution in [1.82, 2.24) is 19.7 Å². The van der Waals surface area contributed by atoms with Crippen LogP contribution >= 0.6 is 0 Å². The Hall–Kier alpha value is -3.48. The number of hydrogen-bond acceptors (Lipinski definition) is 6. The van der Waals surface area contributed by atoms with Crippen LogP contribution < -0.4 is 4.74 Å². The third-order valence-corrected chi connectivity index (χ3v) is 3.64. The maximum atomic E-state index is 11.8. The predicted molar refractivity (Wildman–Crippen MR) is 105 cm³/mol. The zero-order chi connectivity index (χ0) is 19.9. The molecule has 0 aliphatic rings. The number of esters is 1. The fourth-order valence-electron chi connectivity index (χ4n) is 2.51. The van der Waals surface area contributed by atoms with Gasteiger partial charge in [-0.05, 0) is 56.7 Å². The lowest BCUT2D eigenvalue weighted by atomic mass is 10.1. The average molecular weight is 378 g/mol. The molecular weight excluding hydrogens is 356 g/mol. The van der Waals surface area contributed by atoms with Crippen molar-refractivity contribution in [1.29, 1.82) is 0 Å². The van der Waals surface area contributed by atoms with Crippen LogP contribution in [0.4, 0.5) is 0 Å². The molecule has 0 amide bonds. The molecule has 0 saturated carbocycles. The summed E-state index contributed by atoms with van der Waals surface area (Å²) in [5, 5.41) is 4.38. The summed E-state index contributed by atoms with van der Waals surface area (Å²) in [4.78, 5) is 20.2. The number of ether oxygens (including phenoxy) is 2. The van der Waals surface area contributed by atoms with E-state index < -0.39 is 5.97 Å². The van der Waals surface area contributed by atoms with Gasteiger partial charge in [-0.25, -0.2) is 14.5 Å². The van der Waals surface area contributed by atoms with Gasteiger partial charge in [0, 0.05) is 24.0 Å². The largest absolute Gasteiger partial charge is 0.491 e. The third kappa shape index (κ3) is 5.51. The topological polar surface area (TPSA) is 79.1 Å². The van der Waals surface area contributed by atoms with Gasteiger partial charge >= 0.3 is 5.97 Å². The molecule has 7 nitrogen and oxygen atoms in total. The summed E-state index contributed by atoms with van der Waals surface area (Å²) < 4.78 is 12.4. The number of aromatic nitrogens is 4. The molecule has 0 atom stereocenters. The zero-order valence-electron chi connectivity index (χ0n) is 16.1. The van der Waals surface area contributed by atoms with E-state index in [9.17, 15) is 4.79 Å². The fourth-order valence-corrected chi connectivity index (χ4v) is 2.51. The SMILES string of the molecule is Cc1cc(OC(C)C)cc(-c2ncn(/C=C\C(=O)OCc3ccccn3)n2)c1. The van der Waals surface area contributed by atoms with Crippen LogP contribution in [0.15, 0.2) is 55.0 Å². The maximum absolute atomic E-state index is 11.8. The van der Waals surface area contributed by atoms with Gasteiger partial charge in [0.15, 0.2) is 5.82 Å². The number of pyridine rings is 1. The van der Waals surface area contributed by atoms with Gasteiger partial charge in [-0.2, -0.15) is 0 Å². The minimum absolute atomic E-state index is 0.0835. The van der Waals surface area contributed by atoms with Crippen molar-refractivity contribution in [3.8, 4) is 17.1 Å². The van der Waals surface area contributed by atoms with E-state index in [0.717, 1.165) is 16.9 Å². The maximum Gasteiger partial charge on any atom is 0.332 e. The smallest absolute Gasteiger partial charge is 0.332 e. The Balaban J connectivity index is 1.64. The minimum Gasteiger partial charge on any atom is -0.491 e. The molecule has 0 N–H and O–H groups in total. The first-order chi connectivity index (χ1) is 13.5. The molecule has 1 aromatic carbocycles. The standard InChI is InChI=1S/C21H22N4O3/c1-15(2)28-19-11-16(3)10-17(12-19)21-23-14-25(24-21)9-7-20(26)27-13-18-6-4-5-8-22-18/h4-12,14-15H,13H2,1-3H3/b9-7-. The molecule has 0 spiro atoms. The van der Waals surface area contributed by atoms with Crippen molar-refractivity contribution >= 4 is 12.2 Å². The molecule has 2 aromatic heterocycles. The monoisotopic (exact) mass is 378 g/mol. The van der Waals surface area contributed by atoms with E-state index in [4.69, 9.17) is 9.47 Å². The van der Waals surface area contributed by atoms with Gasteiger partial charge in [0.2, 0.25) is 0 Å². The number of hydrogen-bond donors (Lipinski definition) is 0.